The quantitative estimate of drug-likeness (QED) is 0.401. The van der Waals surface area contributed by atoms with E-state index < -0.39 is 0 Å². The van der Waals surface area contributed by atoms with Crippen molar-refractivity contribution in [1.29, 1.82) is 0 Å². The van der Waals surface area contributed by atoms with Crippen molar-refractivity contribution in [2.24, 2.45) is 22.7 Å². The van der Waals surface area contributed by atoms with Gasteiger partial charge in [0.15, 0.2) is 0 Å². The first-order valence-corrected chi connectivity index (χ1v) is 11.2. The summed E-state index contributed by atoms with van der Waals surface area (Å²) in [5.74, 6) is 3.11. The first-order chi connectivity index (χ1) is 13.0. The van der Waals surface area contributed by atoms with Gasteiger partial charge in [0.2, 0.25) is 0 Å². The average Bonchev–Trinajstić information content (AvgIpc) is 2.62. The molecular weight excluding hydrogens is 445 g/mol. The van der Waals surface area contributed by atoms with E-state index in [1.165, 1.54) is 53.2 Å². The normalized spacial score (nSPS) is 31.7. The smallest absolute Gasteiger partial charge is 0.124 e. The Kier molecular flexibility index (Phi) is 4.34. The molecular formula is C24H26INO. The highest BCUT2D eigenvalue weighted by Crippen LogP contribution is 2.60. The fourth-order valence-corrected chi connectivity index (χ4v) is 6.64. The second-order valence-corrected chi connectivity index (χ2v) is 10.3. The van der Waals surface area contributed by atoms with E-state index in [2.05, 4.69) is 58.8 Å². The lowest BCUT2D eigenvalue weighted by Crippen LogP contribution is -2.48. The molecule has 0 aliphatic heterocycles. The molecule has 0 atom stereocenters. The maximum Gasteiger partial charge on any atom is 0.124 e. The lowest BCUT2D eigenvalue weighted by molar-refractivity contribution is -0.00520. The second-order valence-electron chi connectivity index (χ2n) is 9.16. The number of rotatable bonds is 3. The minimum absolute atomic E-state index is 0.328. The number of phenols is 1. The van der Waals surface area contributed by atoms with Crippen molar-refractivity contribution in [2.45, 2.75) is 50.9 Å². The molecule has 1 N–H and O–H groups in total. The predicted octanol–water partition coefficient (Wildman–Crippen LogP) is 6.52. The van der Waals surface area contributed by atoms with E-state index in [0.29, 0.717) is 11.2 Å². The Morgan fingerprint density at radius 2 is 1.67 bits per heavy atom. The summed E-state index contributed by atoms with van der Waals surface area (Å²) in [5, 5.41) is 10.4. The molecule has 2 aromatic rings. The second kappa shape index (κ2) is 6.61. The largest absolute Gasteiger partial charge is 0.507 e. The summed E-state index contributed by atoms with van der Waals surface area (Å²) < 4.78 is 1.25. The molecule has 0 spiro atoms. The third-order valence-corrected chi connectivity index (χ3v) is 8.38. The fourth-order valence-electron chi connectivity index (χ4n) is 6.31. The fraction of sp³-hybridized carbons (Fsp3) is 0.458. The number of aryl methyl sites for hydroxylation is 1. The van der Waals surface area contributed by atoms with E-state index in [4.69, 9.17) is 0 Å². The first-order valence-electron chi connectivity index (χ1n) is 10.1. The summed E-state index contributed by atoms with van der Waals surface area (Å²) >= 11 is 2.34. The van der Waals surface area contributed by atoms with Crippen molar-refractivity contribution < 1.29 is 5.11 Å². The Labute approximate surface area is 175 Å². The number of hydrogen-bond acceptors (Lipinski definition) is 2. The molecule has 4 bridgehead atoms. The molecule has 4 aliphatic carbocycles. The lowest BCUT2D eigenvalue weighted by atomic mass is 9.48. The third-order valence-electron chi connectivity index (χ3n) is 7.17. The summed E-state index contributed by atoms with van der Waals surface area (Å²) in [6.07, 6.45) is 10.2. The molecule has 3 heteroatoms. The molecule has 4 saturated carbocycles. The Balaban J connectivity index is 1.46. The van der Waals surface area contributed by atoms with Gasteiger partial charge in [0.05, 0.1) is 5.69 Å². The van der Waals surface area contributed by atoms with Gasteiger partial charge in [0, 0.05) is 15.3 Å². The molecule has 0 saturated heterocycles. The van der Waals surface area contributed by atoms with Gasteiger partial charge in [0.25, 0.3) is 0 Å². The van der Waals surface area contributed by atoms with E-state index >= 15 is 0 Å². The zero-order valence-corrected chi connectivity index (χ0v) is 17.9. The van der Waals surface area contributed by atoms with E-state index in [-0.39, 0.29) is 0 Å². The highest BCUT2D eigenvalue weighted by molar-refractivity contribution is 14.1. The summed E-state index contributed by atoms with van der Waals surface area (Å²) in [7, 11) is 0. The van der Waals surface area contributed by atoms with Crippen LogP contribution >= 0.6 is 22.6 Å². The average molecular weight is 471 g/mol. The molecule has 140 valence electrons. The number of benzene rings is 2. The monoisotopic (exact) mass is 471 g/mol. The number of aromatic hydroxyl groups is 1. The van der Waals surface area contributed by atoms with E-state index in [9.17, 15) is 5.11 Å². The SMILES string of the molecule is Cc1cc(N=Cc2cc(C34CC5CC(CC(C5)C3)C4)ccc2O)ccc1I. The number of nitrogens with zero attached hydrogens (tertiary/aromatic N) is 1. The summed E-state index contributed by atoms with van der Waals surface area (Å²) in [6, 6.07) is 12.5. The van der Waals surface area contributed by atoms with Gasteiger partial charge < -0.3 is 5.11 Å². The zero-order valence-electron chi connectivity index (χ0n) is 15.8. The number of halogens is 1. The number of hydrogen-bond donors (Lipinski definition) is 1. The van der Waals surface area contributed by atoms with Crippen LogP contribution in [0.15, 0.2) is 41.4 Å². The van der Waals surface area contributed by atoms with Crippen molar-refractivity contribution >= 4 is 34.5 Å². The molecule has 0 aromatic heterocycles. The van der Waals surface area contributed by atoms with Crippen molar-refractivity contribution in [3.63, 3.8) is 0 Å². The van der Waals surface area contributed by atoms with Gasteiger partial charge in [-0.3, -0.25) is 4.99 Å². The van der Waals surface area contributed by atoms with Crippen LogP contribution in [0.2, 0.25) is 0 Å². The first kappa shape index (κ1) is 17.7. The van der Waals surface area contributed by atoms with E-state index in [1.807, 2.05) is 18.3 Å². The maximum absolute atomic E-state index is 10.4. The minimum atomic E-state index is 0.328. The molecule has 4 aliphatic rings. The lowest BCUT2D eigenvalue weighted by Gasteiger charge is -2.57. The van der Waals surface area contributed by atoms with Crippen LogP contribution in [0.5, 0.6) is 5.75 Å². The Bertz CT molecular complexity index is 881. The molecule has 2 aromatic carbocycles. The standard InChI is InChI=1S/C24H26INO/c1-15-6-21(3-4-22(15)25)26-14-19-10-20(2-5-23(19)27)24-11-16-7-17(12-24)9-18(8-16)13-24/h2-6,10,14,16-18,27H,7-9,11-13H2,1H3. The summed E-state index contributed by atoms with van der Waals surface area (Å²) in [6.45, 7) is 2.10. The van der Waals surface area contributed by atoms with Gasteiger partial charge in [-0.2, -0.15) is 0 Å². The predicted molar refractivity (Wildman–Crippen MR) is 119 cm³/mol. The van der Waals surface area contributed by atoms with Crippen LogP contribution in [-0.2, 0) is 5.41 Å². The maximum atomic E-state index is 10.4. The van der Waals surface area contributed by atoms with Crippen LogP contribution in [-0.4, -0.2) is 11.3 Å². The Morgan fingerprint density at radius 1 is 1.00 bits per heavy atom. The highest BCUT2D eigenvalue weighted by Gasteiger charge is 2.51. The summed E-state index contributed by atoms with van der Waals surface area (Å²) in [5.41, 5.74) is 4.80. The van der Waals surface area contributed by atoms with E-state index in [1.54, 1.807) is 0 Å². The summed E-state index contributed by atoms with van der Waals surface area (Å²) in [4.78, 5) is 4.64. The van der Waals surface area contributed by atoms with Crippen LogP contribution in [0.4, 0.5) is 5.69 Å². The molecule has 6 rings (SSSR count). The molecule has 0 heterocycles. The van der Waals surface area contributed by atoms with Crippen molar-refractivity contribution in [3.8, 4) is 5.75 Å². The molecule has 0 amide bonds. The van der Waals surface area contributed by atoms with Crippen LogP contribution in [0.1, 0.15) is 55.2 Å². The van der Waals surface area contributed by atoms with Crippen LogP contribution < -0.4 is 0 Å². The number of aliphatic imine (C=N–C) groups is 1. The van der Waals surface area contributed by atoms with Crippen molar-refractivity contribution in [1.82, 2.24) is 0 Å². The third kappa shape index (κ3) is 3.22. The van der Waals surface area contributed by atoms with Crippen molar-refractivity contribution in [2.75, 3.05) is 0 Å². The molecule has 27 heavy (non-hydrogen) atoms. The van der Waals surface area contributed by atoms with Gasteiger partial charge in [-0.05, 0) is 133 Å². The van der Waals surface area contributed by atoms with Gasteiger partial charge in [-0.15, -0.1) is 0 Å². The van der Waals surface area contributed by atoms with Gasteiger partial charge >= 0.3 is 0 Å². The van der Waals surface area contributed by atoms with Crippen LogP contribution in [0, 0.1) is 28.2 Å². The minimum Gasteiger partial charge on any atom is -0.507 e. The molecule has 0 unspecified atom stereocenters. The highest BCUT2D eigenvalue weighted by atomic mass is 127. The van der Waals surface area contributed by atoms with Gasteiger partial charge in [-0.25, -0.2) is 0 Å². The number of phenolic OH excluding ortho intramolecular Hbond substituents is 1. The van der Waals surface area contributed by atoms with Gasteiger partial charge in [-0.1, -0.05) is 6.07 Å². The van der Waals surface area contributed by atoms with E-state index in [0.717, 1.165) is 29.0 Å². The topological polar surface area (TPSA) is 32.6 Å². The van der Waals surface area contributed by atoms with Crippen molar-refractivity contribution in [3.05, 3.63) is 56.7 Å². The molecule has 4 fully saturated rings. The Hall–Kier alpha value is -1.36. The van der Waals surface area contributed by atoms with Crippen LogP contribution in [0.3, 0.4) is 0 Å². The van der Waals surface area contributed by atoms with Gasteiger partial charge in [0.1, 0.15) is 5.75 Å². The molecule has 0 radical (unpaired) electrons. The van der Waals surface area contributed by atoms with Crippen LogP contribution in [0.25, 0.3) is 0 Å². The Morgan fingerprint density at radius 3 is 2.30 bits per heavy atom. The zero-order chi connectivity index (χ0) is 18.6. The molecule has 2 nitrogen and oxygen atoms in total.